The van der Waals surface area contributed by atoms with Crippen molar-refractivity contribution < 1.29 is 28.6 Å². The summed E-state index contributed by atoms with van der Waals surface area (Å²) in [6.07, 6.45) is 7.60. The molecule has 0 aliphatic carbocycles. The second-order valence-electron chi connectivity index (χ2n) is 8.88. The molecule has 1 atom stereocenters. The summed E-state index contributed by atoms with van der Waals surface area (Å²) in [5.74, 6) is -2.69. The summed E-state index contributed by atoms with van der Waals surface area (Å²) in [7, 11) is 1.44. The molecule has 1 aliphatic heterocycles. The summed E-state index contributed by atoms with van der Waals surface area (Å²) < 4.78 is 15.3. The number of ketones is 1. The quantitative estimate of drug-likeness (QED) is 0.228. The fourth-order valence-corrected chi connectivity index (χ4v) is 4.42. The molecule has 10 heteroatoms. The molecule has 2 aromatic heterocycles. The van der Waals surface area contributed by atoms with Crippen molar-refractivity contribution in [3.63, 3.8) is 0 Å². The fraction of sp³-hybridized carbons (Fsp3) is 0.556. The Morgan fingerprint density at radius 2 is 1.73 bits per heavy atom. The molecule has 3 rings (SSSR count). The van der Waals surface area contributed by atoms with Gasteiger partial charge in [-0.3, -0.25) is 14.4 Å². The van der Waals surface area contributed by atoms with Gasteiger partial charge in [-0.25, -0.2) is 15.0 Å². The minimum atomic E-state index is -1.30. The van der Waals surface area contributed by atoms with Gasteiger partial charge in [0.25, 0.3) is 0 Å². The summed E-state index contributed by atoms with van der Waals surface area (Å²) >= 11 is 0. The number of rotatable bonds is 14. The zero-order valence-corrected chi connectivity index (χ0v) is 21.8. The lowest BCUT2D eigenvalue weighted by atomic mass is 9.82. The van der Waals surface area contributed by atoms with Crippen LogP contribution in [0.15, 0.2) is 24.5 Å². The number of methoxy groups -OCH3 is 1. The maximum atomic E-state index is 13.0. The number of hydrogen-bond donors (Lipinski definition) is 1. The van der Waals surface area contributed by atoms with Gasteiger partial charge in [-0.15, -0.1) is 0 Å². The molecule has 1 unspecified atom stereocenters. The topological polar surface area (TPSA) is 130 Å². The van der Waals surface area contributed by atoms with Crippen LogP contribution in [0.3, 0.4) is 0 Å². The van der Waals surface area contributed by atoms with E-state index in [-0.39, 0.29) is 31.4 Å². The number of Topliss-reactive ketones (excluding diaryl/α,β-unsaturated/α-hetero) is 1. The van der Waals surface area contributed by atoms with Crippen LogP contribution < -0.4 is 10.1 Å². The van der Waals surface area contributed by atoms with Gasteiger partial charge in [0.05, 0.1) is 20.3 Å². The molecule has 37 heavy (non-hydrogen) atoms. The van der Waals surface area contributed by atoms with Crippen molar-refractivity contribution in [2.75, 3.05) is 32.2 Å². The number of carbonyl (C=O) groups excluding carboxylic acids is 3. The van der Waals surface area contributed by atoms with Gasteiger partial charge in [-0.05, 0) is 63.1 Å². The summed E-state index contributed by atoms with van der Waals surface area (Å²) in [4.78, 5) is 51.5. The van der Waals surface area contributed by atoms with Gasteiger partial charge in [0.2, 0.25) is 0 Å². The summed E-state index contributed by atoms with van der Waals surface area (Å²) in [6.45, 7) is 4.45. The van der Waals surface area contributed by atoms with Crippen molar-refractivity contribution >= 4 is 23.5 Å². The fourth-order valence-electron chi connectivity index (χ4n) is 4.42. The van der Waals surface area contributed by atoms with Crippen LogP contribution in [0.25, 0.3) is 0 Å². The van der Waals surface area contributed by atoms with Crippen molar-refractivity contribution in [2.24, 2.45) is 5.92 Å². The number of nitrogens with zero attached hydrogens (tertiary/aromatic N) is 3. The number of pyridine rings is 1. The minimum Gasteiger partial charge on any atom is -0.467 e. The summed E-state index contributed by atoms with van der Waals surface area (Å²) in [5.41, 5.74) is 2.71. The highest BCUT2D eigenvalue weighted by molar-refractivity contribution is 5.97. The third-order valence-electron chi connectivity index (χ3n) is 6.28. The number of hydrogen-bond acceptors (Lipinski definition) is 10. The molecule has 200 valence electrons. The van der Waals surface area contributed by atoms with Crippen LogP contribution in [0.5, 0.6) is 6.01 Å². The van der Waals surface area contributed by atoms with E-state index in [0.717, 1.165) is 43.7 Å². The normalized spacial score (nSPS) is 13.3. The summed E-state index contributed by atoms with van der Waals surface area (Å²) in [6, 6.07) is 4.32. The molecule has 0 spiro atoms. The van der Waals surface area contributed by atoms with Gasteiger partial charge < -0.3 is 19.5 Å². The Balaban J connectivity index is 1.66. The van der Waals surface area contributed by atoms with Gasteiger partial charge in [0.15, 0.2) is 5.92 Å². The van der Waals surface area contributed by atoms with Crippen LogP contribution in [-0.4, -0.2) is 59.5 Å². The minimum absolute atomic E-state index is 0.0427. The number of esters is 2. The SMILES string of the molecule is CCOC(=O)C(C(=O)OCC)C(CC(=O)CCCCc1ccc2c(n1)NCCC2)c1cnc(OC)nc1. The van der Waals surface area contributed by atoms with Crippen molar-refractivity contribution in [1.29, 1.82) is 0 Å². The lowest BCUT2D eigenvalue weighted by Crippen LogP contribution is -2.34. The molecule has 3 heterocycles. The average Bonchev–Trinajstić information content (AvgIpc) is 2.91. The Kier molecular flexibility index (Phi) is 10.8. The molecule has 0 amide bonds. The first-order valence-corrected chi connectivity index (χ1v) is 12.9. The molecule has 0 fully saturated rings. The smallest absolute Gasteiger partial charge is 0.320 e. The highest BCUT2D eigenvalue weighted by Crippen LogP contribution is 2.31. The lowest BCUT2D eigenvalue weighted by Gasteiger charge is -2.24. The zero-order valence-electron chi connectivity index (χ0n) is 21.8. The molecule has 2 aromatic rings. The monoisotopic (exact) mass is 512 g/mol. The Bertz CT molecular complexity index is 1040. The van der Waals surface area contributed by atoms with Crippen LogP contribution in [0.2, 0.25) is 0 Å². The number of anilines is 1. The molecular weight excluding hydrogens is 476 g/mol. The van der Waals surface area contributed by atoms with Gasteiger partial charge in [0, 0.05) is 43.4 Å². The van der Waals surface area contributed by atoms with E-state index in [1.807, 2.05) is 0 Å². The maximum absolute atomic E-state index is 13.0. The Labute approximate surface area is 217 Å². The lowest BCUT2D eigenvalue weighted by molar-refractivity contribution is -0.162. The van der Waals surface area contributed by atoms with Crippen LogP contribution in [0.4, 0.5) is 5.82 Å². The third-order valence-corrected chi connectivity index (χ3v) is 6.28. The number of fused-ring (bicyclic) bond motifs is 1. The van der Waals surface area contributed by atoms with E-state index in [9.17, 15) is 14.4 Å². The van der Waals surface area contributed by atoms with E-state index in [0.29, 0.717) is 18.4 Å². The van der Waals surface area contributed by atoms with Gasteiger partial charge in [-0.1, -0.05) is 6.07 Å². The number of aromatic nitrogens is 3. The van der Waals surface area contributed by atoms with E-state index in [1.165, 1.54) is 25.1 Å². The molecule has 0 saturated carbocycles. The predicted octanol–water partition coefficient (Wildman–Crippen LogP) is 3.44. The van der Waals surface area contributed by atoms with Crippen LogP contribution in [-0.2, 0) is 36.7 Å². The second kappa shape index (κ2) is 14.2. The molecule has 1 aliphatic rings. The first-order chi connectivity index (χ1) is 18.0. The largest absolute Gasteiger partial charge is 0.467 e. The summed E-state index contributed by atoms with van der Waals surface area (Å²) in [5, 5.41) is 3.34. The van der Waals surface area contributed by atoms with E-state index >= 15 is 0 Å². The standard InChI is InChI=1S/C27H36N4O6/c1-4-36-25(33)23(26(34)37-5-2)22(19-16-29-27(35-3)30-17-19)15-21(32)11-7-6-10-20-13-12-18-9-8-14-28-24(18)31-20/h12-13,16-17,22-23H,4-11,14-15H2,1-3H3,(H,28,31). The van der Waals surface area contributed by atoms with Crippen LogP contribution >= 0.6 is 0 Å². The number of nitrogens with one attached hydrogen (secondary N) is 1. The van der Waals surface area contributed by atoms with Gasteiger partial charge in [-0.2, -0.15) is 0 Å². The highest BCUT2D eigenvalue weighted by atomic mass is 16.6. The molecule has 0 saturated heterocycles. The molecule has 10 nitrogen and oxygen atoms in total. The van der Waals surface area contributed by atoms with Crippen LogP contribution in [0.1, 0.15) is 68.7 Å². The maximum Gasteiger partial charge on any atom is 0.320 e. The average molecular weight is 513 g/mol. The first kappa shape index (κ1) is 28.0. The second-order valence-corrected chi connectivity index (χ2v) is 8.88. The Morgan fingerprint density at radius 3 is 2.38 bits per heavy atom. The molecule has 1 N–H and O–H groups in total. The van der Waals surface area contributed by atoms with Gasteiger partial charge in [0.1, 0.15) is 11.6 Å². The molecule has 0 bridgehead atoms. The number of aryl methyl sites for hydroxylation is 2. The Morgan fingerprint density at radius 1 is 1.03 bits per heavy atom. The van der Waals surface area contributed by atoms with E-state index < -0.39 is 23.8 Å². The van der Waals surface area contributed by atoms with E-state index in [4.69, 9.17) is 19.2 Å². The highest BCUT2D eigenvalue weighted by Gasteiger charge is 2.39. The van der Waals surface area contributed by atoms with E-state index in [1.54, 1.807) is 13.8 Å². The number of unbranched alkanes of at least 4 members (excludes halogenated alkanes) is 1. The number of ether oxygens (including phenoxy) is 3. The third kappa shape index (κ3) is 7.96. The predicted molar refractivity (Wildman–Crippen MR) is 136 cm³/mol. The van der Waals surface area contributed by atoms with Crippen molar-refractivity contribution in [3.8, 4) is 6.01 Å². The molecular formula is C27H36N4O6. The van der Waals surface area contributed by atoms with Crippen molar-refractivity contribution in [3.05, 3.63) is 41.3 Å². The first-order valence-electron chi connectivity index (χ1n) is 12.9. The van der Waals surface area contributed by atoms with Crippen LogP contribution in [0, 0.1) is 5.92 Å². The van der Waals surface area contributed by atoms with E-state index in [2.05, 4.69) is 27.4 Å². The zero-order chi connectivity index (χ0) is 26.6. The van der Waals surface area contributed by atoms with Crippen molar-refractivity contribution in [2.45, 2.75) is 64.7 Å². The van der Waals surface area contributed by atoms with Crippen molar-refractivity contribution in [1.82, 2.24) is 15.0 Å². The Hall–Kier alpha value is -3.56. The van der Waals surface area contributed by atoms with Gasteiger partial charge >= 0.3 is 17.9 Å². The number of carbonyl (C=O) groups is 3. The molecule has 0 aromatic carbocycles. The molecule has 0 radical (unpaired) electrons.